The predicted octanol–water partition coefficient (Wildman–Crippen LogP) is 2.28. The molecule has 0 aromatic carbocycles. The van der Waals surface area contributed by atoms with E-state index in [1.54, 1.807) is 24.5 Å². The van der Waals surface area contributed by atoms with Gasteiger partial charge in [-0.25, -0.2) is 0 Å². The maximum absolute atomic E-state index is 12.5. The van der Waals surface area contributed by atoms with E-state index in [2.05, 4.69) is 30.7 Å². The maximum atomic E-state index is 12.5. The molecule has 1 aromatic heterocycles. The van der Waals surface area contributed by atoms with Crippen molar-refractivity contribution in [3.63, 3.8) is 0 Å². The highest BCUT2D eigenvalue weighted by molar-refractivity contribution is 5.94. The van der Waals surface area contributed by atoms with Crippen molar-refractivity contribution in [3.05, 3.63) is 30.1 Å². The number of aromatic nitrogens is 1. The Morgan fingerprint density at radius 3 is 2.52 bits per heavy atom. The van der Waals surface area contributed by atoms with Gasteiger partial charge in [0.15, 0.2) is 0 Å². The fourth-order valence-electron chi connectivity index (χ4n) is 3.73. The minimum Gasteiger partial charge on any atom is -0.338 e. The molecule has 0 radical (unpaired) electrons. The maximum Gasteiger partial charge on any atom is 0.253 e. The molecule has 1 spiro atoms. The van der Waals surface area contributed by atoms with Crippen molar-refractivity contribution < 1.29 is 4.79 Å². The van der Waals surface area contributed by atoms with Crippen molar-refractivity contribution in [3.8, 4) is 0 Å². The molecular weight excluding hydrogens is 262 g/mol. The highest BCUT2D eigenvalue weighted by Crippen LogP contribution is 2.41. The predicted molar refractivity (Wildman–Crippen MR) is 83.1 cm³/mol. The summed E-state index contributed by atoms with van der Waals surface area (Å²) in [6, 6.07) is 3.61. The zero-order valence-corrected chi connectivity index (χ0v) is 13.3. The Balaban J connectivity index is 1.57. The molecular formula is C17H25N3O. The molecule has 1 aromatic rings. The molecule has 4 nitrogen and oxygen atoms in total. The van der Waals surface area contributed by atoms with Gasteiger partial charge in [-0.1, -0.05) is 20.8 Å². The van der Waals surface area contributed by atoms with Crippen LogP contribution in [-0.4, -0.2) is 53.4 Å². The topological polar surface area (TPSA) is 36.4 Å². The monoisotopic (exact) mass is 287 g/mol. The van der Waals surface area contributed by atoms with Crippen LogP contribution in [0.3, 0.4) is 0 Å². The summed E-state index contributed by atoms with van der Waals surface area (Å²) in [6.45, 7) is 12.1. The summed E-state index contributed by atoms with van der Waals surface area (Å²) in [6.07, 6.45) is 4.52. The molecule has 2 aliphatic heterocycles. The number of hydrogen-bond acceptors (Lipinski definition) is 3. The van der Waals surface area contributed by atoms with Gasteiger partial charge >= 0.3 is 0 Å². The molecule has 0 aliphatic carbocycles. The third kappa shape index (κ3) is 3.10. The van der Waals surface area contributed by atoms with Crippen LogP contribution in [0.5, 0.6) is 0 Å². The Morgan fingerprint density at radius 2 is 1.90 bits per heavy atom. The Bertz CT molecular complexity index is 515. The number of carbonyl (C=O) groups is 1. The van der Waals surface area contributed by atoms with Crippen LogP contribution in [0.2, 0.25) is 0 Å². The molecule has 3 rings (SSSR count). The first kappa shape index (κ1) is 14.5. The Hall–Kier alpha value is -1.42. The standard InChI is InChI=1S/C17H25N3O/c1-16(2,3)10-19-11-17(12-19)6-9-20(13-17)15(21)14-4-7-18-8-5-14/h4-5,7-8H,6,9-13H2,1-3H3. The second-order valence-electron chi connectivity index (χ2n) is 7.92. The molecule has 0 unspecified atom stereocenters. The number of amides is 1. The normalized spacial score (nSPS) is 21.6. The van der Waals surface area contributed by atoms with Gasteiger partial charge in [-0.2, -0.15) is 0 Å². The fraction of sp³-hybridized carbons (Fsp3) is 0.647. The minimum atomic E-state index is 0.156. The van der Waals surface area contributed by atoms with Crippen LogP contribution in [0.15, 0.2) is 24.5 Å². The van der Waals surface area contributed by atoms with Crippen molar-refractivity contribution in [1.29, 1.82) is 0 Å². The van der Waals surface area contributed by atoms with Crippen LogP contribution in [0.25, 0.3) is 0 Å². The number of likely N-dealkylation sites (tertiary alicyclic amines) is 2. The summed E-state index contributed by atoms with van der Waals surface area (Å²) in [4.78, 5) is 21.0. The van der Waals surface area contributed by atoms with E-state index in [0.717, 1.165) is 44.7 Å². The molecule has 0 atom stereocenters. The Morgan fingerprint density at radius 1 is 1.24 bits per heavy atom. The molecule has 4 heteroatoms. The molecule has 3 heterocycles. The number of pyridine rings is 1. The lowest BCUT2D eigenvalue weighted by Crippen LogP contribution is -2.59. The highest BCUT2D eigenvalue weighted by atomic mass is 16.2. The van der Waals surface area contributed by atoms with Crippen LogP contribution in [0.1, 0.15) is 37.6 Å². The van der Waals surface area contributed by atoms with Crippen LogP contribution in [0.4, 0.5) is 0 Å². The smallest absolute Gasteiger partial charge is 0.253 e. The second-order valence-corrected chi connectivity index (χ2v) is 7.92. The van der Waals surface area contributed by atoms with Gasteiger partial charge in [-0.05, 0) is 24.0 Å². The lowest BCUT2D eigenvalue weighted by atomic mass is 9.77. The summed E-state index contributed by atoms with van der Waals surface area (Å²) < 4.78 is 0. The number of rotatable bonds is 2. The van der Waals surface area contributed by atoms with Gasteiger partial charge in [0.05, 0.1) is 0 Å². The lowest BCUT2D eigenvalue weighted by molar-refractivity contribution is -0.0116. The molecule has 2 fully saturated rings. The Labute approximate surface area is 127 Å². The highest BCUT2D eigenvalue weighted by Gasteiger charge is 2.49. The summed E-state index contributed by atoms with van der Waals surface area (Å²) in [5, 5.41) is 0. The van der Waals surface area contributed by atoms with Gasteiger partial charge in [0.2, 0.25) is 0 Å². The van der Waals surface area contributed by atoms with E-state index in [-0.39, 0.29) is 5.91 Å². The van der Waals surface area contributed by atoms with Gasteiger partial charge in [0.25, 0.3) is 5.91 Å². The second kappa shape index (κ2) is 5.09. The summed E-state index contributed by atoms with van der Waals surface area (Å²) in [5.74, 6) is 0.156. The van der Waals surface area contributed by atoms with E-state index in [1.165, 1.54) is 0 Å². The molecule has 0 bridgehead atoms. The first-order chi connectivity index (χ1) is 9.87. The molecule has 21 heavy (non-hydrogen) atoms. The van der Waals surface area contributed by atoms with Gasteiger partial charge < -0.3 is 9.80 Å². The average Bonchev–Trinajstić information content (AvgIpc) is 2.82. The lowest BCUT2D eigenvalue weighted by Gasteiger charge is -2.50. The largest absolute Gasteiger partial charge is 0.338 e. The van der Waals surface area contributed by atoms with Crippen molar-refractivity contribution >= 4 is 5.91 Å². The molecule has 0 saturated carbocycles. The van der Waals surface area contributed by atoms with Crippen molar-refractivity contribution in [2.45, 2.75) is 27.2 Å². The van der Waals surface area contributed by atoms with E-state index in [1.807, 2.05) is 4.90 Å². The summed E-state index contributed by atoms with van der Waals surface area (Å²) in [7, 11) is 0. The van der Waals surface area contributed by atoms with Crippen molar-refractivity contribution in [2.24, 2.45) is 10.8 Å². The van der Waals surface area contributed by atoms with E-state index in [9.17, 15) is 4.79 Å². The fourth-order valence-corrected chi connectivity index (χ4v) is 3.73. The molecule has 114 valence electrons. The molecule has 1 amide bonds. The SMILES string of the molecule is CC(C)(C)CN1CC2(CCN(C(=O)c3ccncc3)C2)C1. The summed E-state index contributed by atoms with van der Waals surface area (Å²) in [5.41, 5.74) is 1.47. The van der Waals surface area contributed by atoms with Gasteiger partial charge in [0.1, 0.15) is 0 Å². The quantitative estimate of drug-likeness (QED) is 0.837. The third-order valence-corrected chi connectivity index (χ3v) is 4.47. The van der Waals surface area contributed by atoms with Crippen molar-refractivity contribution in [2.75, 3.05) is 32.7 Å². The van der Waals surface area contributed by atoms with E-state index in [0.29, 0.717) is 10.8 Å². The van der Waals surface area contributed by atoms with E-state index in [4.69, 9.17) is 0 Å². The third-order valence-electron chi connectivity index (χ3n) is 4.47. The van der Waals surface area contributed by atoms with Crippen LogP contribution in [-0.2, 0) is 0 Å². The zero-order chi connectivity index (χ0) is 15.1. The first-order valence-corrected chi connectivity index (χ1v) is 7.79. The molecule has 2 saturated heterocycles. The molecule has 0 N–H and O–H groups in total. The van der Waals surface area contributed by atoms with Gasteiger partial charge in [0, 0.05) is 56.1 Å². The number of carbonyl (C=O) groups excluding carboxylic acids is 1. The van der Waals surface area contributed by atoms with E-state index >= 15 is 0 Å². The zero-order valence-electron chi connectivity index (χ0n) is 13.3. The van der Waals surface area contributed by atoms with E-state index < -0.39 is 0 Å². The van der Waals surface area contributed by atoms with Gasteiger partial charge in [-0.15, -0.1) is 0 Å². The minimum absolute atomic E-state index is 0.156. The number of nitrogens with zero attached hydrogens (tertiary/aromatic N) is 3. The first-order valence-electron chi connectivity index (χ1n) is 7.79. The van der Waals surface area contributed by atoms with Crippen LogP contribution < -0.4 is 0 Å². The number of hydrogen-bond donors (Lipinski definition) is 0. The summed E-state index contributed by atoms with van der Waals surface area (Å²) >= 11 is 0. The average molecular weight is 287 g/mol. The van der Waals surface area contributed by atoms with Crippen LogP contribution in [0, 0.1) is 10.8 Å². The van der Waals surface area contributed by atoms with Gasteiger partial charge in [-0.3, -0.25) is 9.78 Å². The van der Waals surface area contributed by atoms with Crippen LogP contribution >= 0.6 is 0 Å². The van der Waals surface area contributed by atoms with Crippen molar-refractivity contribution in [1.82, 2.24) is 14.8 Å². The Kier molecular flexibility index (Phi) is 3.52. The molecule has 2 aliphatic rings.